The van der Waals surface area contributed by atoms with Gasteiger partial charge in [0.25, 0.3) is 0 Å². The summed E-state index contributed by atoms with van der Waals surface area (Å²) in [5, 5.41) is 3.64. The molecule has 1 nitrogen and oxygen atoms in total. The van der Waals surface area contributed by atoms with Gasteiger partial charge in [-0.05, 0) is 49.8 Å². The third kappa shape index (κ3) is 7.09. The van der Waals surface area contributed by atoms with Crippen molar-refractivity contribution in [3.8, 4) is 0 Å². The van der Waals surface area contributed by atoms with Crippen LogP contribution in [0.1, 0.15) is 77.0 Å². The van der Waals surface area contributed by atoms with Crippen molar-refractivity contribution < 1.29 is 0 Å². The lowest BCUT2D eigenvalue weighted by molar-refractivity contribution is 0.498. The highest BCUT2D eigenvalue weighted by Crippen LogP contribution is 2.15. The average Bonchev–Trinajstić information content (AvgIpc) is 2.44. The molecule has 114 valence electrons. The lowest BCUT2D eigenvalue weighted by atomic mass is 10.0. The van der Waals surface area contributed by atoms with E-state index in [1.807, 2.05) is 0 Å². The van der Waals surface area contributed by atoms with E-state index in [4.69, 9.17) is 0 Å². The maximum Gasteiger partial charge on any atom is 0.0291 e. The molecular weight excluding hydrogens is 242 g/mol. The lowest BCUT2D eigenvalue weighted by Crippen LogP contribution is -2.19. The smallest absolute Gasteiger partial charge is 0.0291 e. The molecule has 0 heterocycles. The Balaban J connectivity index is 2.26. The van der Waals surface area contributed by atoms with E-state index >= 15 is 0 Å². The molecule has 0 radical (unpaired) electrons. The van der Waals surface area contributed by atoms with Crippen LogP contribution in [-0.2, 0) is 6.42 Å². The minimum atomic E-state index is 0.467. The number of hydrogen-bond acceptors (Lipinski definition) is 1. The molecule has 0 saturated carbocycles. The molecule has 0 saturated heterocycles. The van der Waals surface area contributed by atoms with Crippen LogP contribution < -0.4 is 5.32 Å². The van der Waals surface area contributed by atoms with Crippen LogP contribution in [0, 0.1) is 5.92 Å². The standard InChI is InChI=1S/C19H33N/c1-5-6-10-18-11-13-19(14-12-18)17(4)20-15-8-7-9-16(2)3/h11-14,16-17,20H,5-10,15H2,1-4H3. The van der Waals surface area contributed by atoms with Gasteiger partial charge in [-0.2, -0.15) is 0 Å². The fourth-order valence-electron chi connectivity index (χ4n) is 2.47. The number of aryl methyl sites for hydroxylation is 1. The molecule has 0 amide bonds. The second-order valence-electron chi connectivity index (χ2n) is 6.41. The van der Waals surface area contributed by atoms with Crippen LogP contribution in [0.5, 0.6) is 0 Å². The normalized spacial score (nSPS) is 12.8. The Morgan fingerprint density at radius 2 is 1.65 bits per heavy atom. The highest BCUT2D eigenvalue weighted by Gasteiger charge is 2.04. The van der Waals surface area contributed by atoms with Gasteiger partial charge in [0.05, 0.1) is 0 Å². The Morgan fingerprint density at radius 3 is 2.25 bits per heavy atom. The Hall–Kier alpha value is -0.820. The van der Waals surface area contributed by atoms with Crippen LogP contribution in [0.15, 0.2) is 24.3 Å². The van der Waals surface area contributed by atoms with Crippen molar-refractivity contribution in [2.75, 3.05) is 6.54 Å². The molecule has 1 aromatic rings. The number of unbranched alkanes of at least 4 members (excludes halogenated alkanes) is 2. The van der Waals surface area contributed by atoms with E-state index in [-0.39, 0.29) is 0 Å². The molecule has 1 N–H and O–H groups in total. The molecule has 0 aliphatic rings. The monoisotopic (exact) mass is 275 g/mol. The summed E-state index contributed by atoms with van der Waals surface area (Å²) in [5.41, 5.74) is 2.88. The van der Waals surface area contributed by atoms with Gasteiger partial charge in [0, 0.05) is 6.04 Å². The Morgan fingerprint density at radius 1 is 0.950 bits per heavy atom. The van der Waals surface area contributed by atoms with Crippen LogP contribution in [0.3, 0.4) is 0 Å². The molecule has 1 aromatic carbocycles. The molecule has 0 aliphatic heterocycles. The number of benzene rings is 1. The van der Waals surface area contributed by atoms with E-state index in [1.54, 1.807) is 0 Å². The topological polar surface area (TPSA) is 12.0 Å². The summed E-state index contributed by atoms with van der Waals surface area (Å²) in [5.74, 6) is 0.836. The first kappa shape index (κ1) is 17.2. The molecular formula is C19H33N. The van der Waals surface area contributed by atoms with Crippen molar-refractivity contribution in [2.45, 2.75) is 72.3 Å². The summed E-state index contributed by atoms with van der Waals surface area (Å²) in [4.78, 5) is 0. The third-order valence-corrected chi connectivity index (χ3v) is 3.96. The van der Waals surface area contributed by atoms with Crippen molar-refractivity contribution in [1.82, 2.24) is 5.32 Å². The van der Waals surface area contributed by atoms with Gasteiger partial charge in [-0.25, -0.2) is 0 Å². The predicted octanol–water partition coefficient (Wildman–Crippen LogP) is 5.51. The van der Waals surface area contributed by atoms with E-state index < -0.39 is 0 Å². The second-order valence-corrected chi connectivity index (χ2v) is 6.41. The molecule has 0 aromatic heterocycles. The minimum absolute atomic E-state index is 0.467. The van der Waals surface area contributed by atoms with Gasteiger partial charge in [0.2, 0.25) is 0 Å². The zero-order chi connectivity index (χ0) is 14.8. The maximum absolute atomic E-state index is 3.64. The summed E-state index contributed by atoms with van der Waals surface area (Å²) < 4.78 is 0. The summed E-state index contributed by atoms with van der Waals surface area (Å²) in [6.07, 6.45) is 7.76. The summed E-state index contributed by atoms with van der Waals surface area (Å²) >= 11 is 0. The first-order valence-electron chi connectivity index (χ1n) is 8.45. The van der Waals surface area contributed by atoms with Gasteiger partial charge in [-0.15, -0.1) is 0 Å². The predicted molar refractivity (Wildman–Crippen MR) is 90.2 cm³/mol. The average molecular weight is 275 g/mol. The van der Waals surface area contributed by atoms with Crippen LogP contribution in [0.25, 0.3) is 0 Å². The number of nitrogens with one attached hydrogen (secondary N) is 1. The van der Waals surface area contributed by atoms with Gasteiger partial charge >= 0.3 is 0 Å². The van der Waals surface area contributed by atoms with Crippen molar-refractivity contribution in [3.05, 3.63) is 35.4 Å². The second kappa shape index (κ2) is 9.99. The zero-order valence-corrected chi connectivity index (χ0v) is 13.9. The van der Waals surface area contributed by atoms with Gasteiger partial charge in [0.15, 0.2) is 0 Å². The van der Waals surface area contributed by atoms with Gasteiger partial charge < -0.3 is 5.32 Å². The number of hydrogen-bond donors (Lipinski definition) is 1. The summed E-state index contributed by atoms with van der Waals surface area (Å²) in [6.45, 7) is 10.3. The molecule has 1 unspecified atom stereocenters. The molecule has 0 aliphatic carbocycles. The van der Waals surface area contributed by atoms with Crippen LogP contribution in [0.2, 0.25) is 0 Å². The quantitative estimate of drug-likeness (QED) is 0.555. The lowest BCUT2D eigenvalue weighted by Gasteiger charge is -2.15. The van der Waals surface area contributed by atoms with Crippen molar-refractivity contribution in [3.63, 3.8) is 0 Å². The van der Waals surface area contributed by atoms with Crippen LogP contribution in [-0.4, -0.2) is 6.54 Å². The van der Waals surface area contributed by atoms with E-state index in [9.17, 15) is 0 Å². The zero-order valence-electron chi connectivity index (χ0n) is 13.9. The van der Waals surface area contributed by atoms with Gasteiger partial charge in [0.1, 0.15) is 0 Å². The highest BCUT2D eigenvalue weighted by molar-refractivity contribution is 5.24. The molecule has 0 bridgehead atoms. The fourth-order valence-corrected chi connectivity index (χ4v) is 2.47. The van der Waals surface area contributed by atoms with Crippen LogP contribution >= 0.6 is 0 Å². The Bertz CT molecular complexity index is 339. The first-order valence-corrected chi connectivity index (χ1v) is 8.45. The van der Waals surface area contributed by atoms with E-state index in [0.29, 0.717) is 6.04 Å². The first-order chi connectivity index (χ1) is 9.63. The maximum atomic E-state index is 3.64. The molecule has 1 atom stereocenters. The van der Waals surface area contributed by atoms with E-state index in [0.717, 1.165) is 12.5 Å². The Labute approximate surface area is 126 Å². The fraction of sp³-hybridized carbons (Fsp3) is 0.684. The van der Waals surface area contributed by atoms with Crippen molar-refractivity contribution >= 4 is 0 Å². The molecule has 20 heavy (non-hydrogen) atoms. The number of rotatable bonds is 10. The van der Waals surface area contributed by atoms with E-state index in [1.165, 1.54) is 49.7 Å². The largest absolute Gasteiger partial charge is 0.310 e. The summed E-state index contributed by atoms with van der Waals surface area (Å²) in [6, 6.07) is 9.63. The summed E-state index contributed by atoms with van der Waals surface area (Å²) in [7, 11) is 0. The van der Waals surface area contributed by atoms with Gasteiger partial charge in [-0.1, -0.05) is 64.3 Å². The van der Waals surface area contributed by atoms with Gasteiger partial charge in [-0.3, -0.25) is 0 Å². The van der Waals surface area contributed by atoms with Crippen molar-refractivity contribution in [2.24, 2.45) is 5.92 Å². The van der Waals surface area contributed by atoms with Crippen LogP contribution in [0.4, 0.5) is 0 Å². The Kier molecular flexibility index (Phi) is 8.60. The molecule has 1 heteroatoms. The SMILES string of the molecule is CCCCc1ccc(C(C)NCCCCC(C)C)cc1. The highest BCUT2D eigenvalue weighted by atomic mass is 14.9. The van der Waals surface area contributed by atoms with Crippen molar-refractivity contribution in [1.29, 1.82) is 0 Å². The molecule has 1 rings (SSSR count). The molecule has 0 fully saturated rings. The minimum Gasteiger partial charge on any atom is -0.310 e. The van der Waals surface area contributed by atoms with E-state index in [2.05, 4.69) is 57.3 Å². The molecule has 0 spiro atoms. The third-order valence-electron chi connectivity index (χ3n) is 3.96.